The molecule has 0 bridgehead atoms. The number of benzene rings is 1. The highest BCUT2D eigenvalue weighted by Crippen LogP contribution is 2.38. The number of aromatic nitrogens is 3. The first-order chi connectivity index (χ1) is 13.5. The Morgan fingerprint density at radius 1 is 1.21 bits per heavy atom. The third kappa shape index (κ3) is 3.83. The number of aliphatic hydroxyl groups is 2. The number of hydrogen-bond donors (Lipinski definition) is 4. The number of aliphatic hydroxyl groups excluding tert-OH is 2. The maximum atomic E-state index is 12.6. The fourth-order valence-electron chi connectivity index (χ4n) is 3.64. The van der Waals surface area contributed by atoms with Crippen LogP contribution in [-0.2, 0) is 0 Å². The monoisotopic (exact) mass is 382 g/mol. The van der Waals surface area contributed by atoms with Gasteiger partial charge in [-0.05, 0) is 37.1 Å². The SMILES string of the molecule is O=C(NCC1(COc2cccnc2)C[C@@H](O)[C@@H](O)C1)c1nc2ccccc2[nH]1. The van der Waals surface area contributed by atoms with Crippen molar-refractivity contribution in [1.82, 2.24) is 20.3 Å². The highest BCUT2D eigenvalue weighted by atomic mass is 16.5. The molecule has 28 heavy (non-hydrogen) atoms. The molecule has 0 aliphatic heterocycles. The number of hydrogen-bond acceptors (Lipinski definition) is 6. The lowest BCUT2D eigenvalue weighted by Gasteiger charge is -2.29. The van der Waals surface area contributed by atoms with Crippen LogP contribution in [0.15, 0.2) is 48.8 Å². The lowest BCUT2D eigenvalue weighted by Crippen LogP contribution is -2.41. The van der Waals surface area contributed by atoms with E-state index in [9.17, 15) is 15.0 Å². The van der Waals surface area contributed by atoms with Crippen molar-refractivity contribution in [3.05, 3.63) is 54.6 Å². The molecule has 3 aromatic rings. The third-order valence-electron chi connectivity index (χ3n) is 5.14. The second kappa shape index (κ2) is 7.57. The van der Waals surface area contributed by atoms with Gasteiger partial charge in [-0.2, -0.15) is 0 Å². The van der Waals surface area contributed by atoms with Gasteiger partial charge in [0.2, 0.25) is 0 Å². The van der Waals surface area contributed by atoms with Crippen LogP contribution in [0.4, 0.5) is 0 Å². The number of carbonyl (C=O) groups is 1. The number of amides is 1. The molecule has 3 atom stereocenters. The number of nitrogens with one attached hydrogen (secondary N) is 2. The number of fused-ring (bicyclic) bond motifs is 1. The normalized spacial score (nSPS) is 24.4. The predicted molar refractivity (Wildman–Crippen MR) is 102 cm³/mol. The molecule has 0 radical (unpaired) electrons. The summed E-state index contributed by atoms with van der Waals surface area (Å²) in [6, 6.07) is 11.0. The van der Waals surface area contributed by atoms with Crippen molar-refractivity contribution in [3.8, 4) is 5.75 Å². The number of ether oxygens (including phenoxy) is 1. The Balaban J connectivity index is 1.45. The number of rotatable bonds is 6. The van der Waals surface area contributed by atoms with Crippen LogP contribution in [-0.4, -0.2) is 56.4 Å². The van der Waals surface area contributed by atoms with E-state index < -0.39 is 17.6 Å². The molecule has 4 N–H and O–H groups in total. The van der Waals surface area contributed by atoms with Crippen LogP contribution in [0, 0.1) is 5.41 Å². The van der Waals surface area contributed by atoms with E-state index >= 15 is 0 Å². The number of imidazole rings is 1. The summed E-state index contributed by atoms with van der Waals surface area (Å²) in [5.41, 5.74) is 0.916. The maximum Gasteiger partial charge on any atom is 0.287 e. The number of aromatic amines is 1. The lowest BCUT2D eigenvalue weighted by atomic mass is 9.86. The summed E-state index contributed by atoms with van der Waals surface area (Å²) < 4.78 is 5.82. The highest BCUT2D eigenvalue weighted by molar-refractivity contribution is 5.94. The minimum atomic E-state index is -0.847. The molecule has 1 aliphatic carbocycles. The minimum absolute atomic E-state index is 0.226. The molecule has 8 heteroatoms. The van der Waals surface area contributed by atoms with Gasteiger partial charge in [0.25, 0.3) is 5.91 Å². The molecule has 0 saturated heterocycles. The fraction of sp³-hybridized carbons (Fsp3) is 0.350. The van der Waals surface area contributed by atoms with Gasteiger partial charge in [0, 0.05) is 18.2 Å². The van der Waals surface area contributed by atoms with E-state index in [4.69, 9.17) is 4.74 Å². The van der Waals surface area contributed by atoms with Crippen LogP contribution in [0.5, 0.6) is 5.75 Å². The van der Waals surface area contributed by atoms with Crippen molar-refractivity contribution in [3.63, 3.8) is 0 Å². The zero-order valence-electron chi connectivity index (χ0n) is 15.2. The highest BCUT2D eigenvalue weighted by Gasteiger charge is 2.45. The van der Waals surface area contributed by atoms with Gasteiger partial charge in [-0.3, -0.25) is 9.78 Å². The van der Waals surface area contributed by atoms with Crippen molar-refractivity contribution in [2.45, 2.75) is 25.0 Å². The molecule has 1 aliphatic rings. The van der Waals surface area contributed by atoms with Gasteiger partial charge in [0.1, 0.15) is 5.75 Å². The topological polar surface area (TPSA) is 120 Å². The zero-order valence-corrected chi connectivity index (χ0v) is 15.2. The first-order valence-electron chi connectivity index (χ1n) is 9.17. The molecule has 1 amide bonds. The van der Waals surface area contributed by atoms with Crippen LogP contribution >= 0.6 is 0 Å². The van der Waals surface area contributed by atoms with Gasteiger partial charge in [-0.25, -0.2) is 4.98 Å². The Kier molecular flexibility index (Phi) is 4.97. The van der Waals surface area contributed by atoms with E-state index in [2.05, 4.69) is 20.3 Å². The Morgan fingerprint density at radius 3 is 2.71 bits per heavy atom. The first-order valence-corrected chi connectivity index (χ1v) is 9.17. The molecule has 8 nitrogen and oxygen atoms in total. The van der Waals surface area contributed by atoms with Gasteiger partial charge >= 0.3 is 0 Å². The summed E-state index contributed by atoms with van der Waals surface area (Å²) in [6.07, 6.45) is 2.21. The maximum absolute atomic E-state index is 12.6. The largest absolute Gasteiger partial charge is 0.491 e. The Hall–Kier alpha value is -2.97. The van der Waals surface area contributed by atoms with Gasteiger partial charge in [0.05, 0.1) is 36.0 Å². The summed E-state index contributed by atoms with van der Waals surface area (Å²) in [6.45, 7) is 0.491. The molecule has 2 heterocycles. The van der Waals surface area contributed by atoms with Gasteiger partial charge in [-0.15, -0.1) is 0 Å². The van der Waals surface area contributed by atoms with Crippen LogP contribution in [0.3, 0.4) is 0 Å². The molecule has 1 aromatic carbocycles. The van der Waals surface area contributed by atoms with E-state index in [1.807, 2.05) is 24.3 Å². The number of carbonyl (C=O) groups excluding carboxylic acids is 1. The molecule has 2 aromatic heterocycles. The second-order valence-corrected chi connectivity index (χ2v) is 7.31. The molecule has 0 spiro atoms. The minimum Gasteiger partial charge on any atom is -0.491 e. The molecule has 1 fully saturated rings. The van der Waals surface area contributed by atoms with E-state index in [0.717, 1.165) is 5.52 Å². The van der Waals surface area contributed by atoms with Crippen molar-refractivity contribution in [2.75, 3.05) is 13.2 Å². The average molecular weight is 382 g/mol. The molecular formula is C20H22N4O4. The number of pyridine rings is 1. The third-order valence-corrected chi connectivity index (χ3v) is 5.14. The molecule has 4 rings (SSSR count). The van der Waals surface area contributed by atoms with E-state index in [1.54, 1.807) is 24.5 Å². The van der Waals surface area contributed by atoms with Crippen LogP contribution in [0.25, 0.3) is 11.0 Å². The molecular weight excluding hydrogens is 360 g/mol. The van der Waals surface area contributed by atoms with Gasteiger partial charge in [0.15, 0.2) is 5.82 Å². The van der Waals surface area contributed by atoms with E-state index in [1.165, 1.54) is 0 Å². The molecule has 1 unspecified atom stereocenters. The van der Waals surface area contributed by atoms with E-state index in [-0.39, 0.29) is 24.9 Å². The Bertz CT molecular complexity index is 916. The molecule has 1 saturated carbocycles. The van der Waals surface area contributed by atoms with Gasteiger partial charge < -0.3 is 25.3 Å². The second-order valence-electron chi connectivity index (χ2n) is 7.31. The Labute approximate surface area is 161 Å². The zero-order chi connectivity index (χ0) is 19.6. The average Bonchev–Trinajstić information content (AvgIpc) is 3.27. The summed E-state index contributed by atoms with van der Waals surface area (Å²) in [5.74, 6) is 0.484. The van der Waals surface area contributed by atoms with Gasteiger partial charge in [-0.1, -0.05) is 12.1 Å². The summed E-state index contributed by atoms with van der Waals surface area (Å²) in [7, 11) is 0. The van der Waals surface area contributed by atoms with Crippen molar-refractivity contribution < 1.29 is 19.7 Å². The number of H-pyrrole nitrogens is 1. The molecule has 146 valence electrons. The van der Waals surface area contributed by atoms with Crippen molar-refractivity contribution in [1.29, 1.82) is 0 Å². The van der Waals surface area contributed by atoms with Crippen LogP contribution in [0.2, 0.25) is 0 Å². The summed E-state index contributed by atoms with van der Waals surface area (Å²) in [5, 5.41) is 23.0. The van der Waals surface area contributed by atoms with Crippen molar-refractivity contribution in [2.24, 2.45) is 5.41 Å². The Morgan fingerprint density at radius 2 is 2.00 bits per heavy atom. The summed E-state index contributed by atoms with van der Waals surface area (Å²) >= 11 is 0. The number of para-hydroxylation sites is 2. The first kappa shape index (κ1) is 18.4. The summed E-state index contributed by atoms with van der Waals surface area (Å²) in [4.78, 5) is 23.9. The predicted octanol–water partition coefficient (Wildman–Crippen LogP) is 1.27. The van der Waals surface area contributed by atoms with E-state index in [0.29, 0.717) is 24.1 Å². The van der Waals surface area contributed by atoms with Crippen molar-refractivity contribution >= 4 is 16.9 Å². The van der Waals surface area contributed by atoms with Crippen LogP contribution in [0.1, 0.15) is 23.5 Å². The fourth-order valence-corrected chi connectivity index (χ4v) is 3.64. The quantitative estimate of drug-likeness (QED) is 0.510. The van der Waals surface area contributed by atoms with Crippen LogP contribution < -0.4 is 10.1 Å². The number of nitrogens with zero attached hydrogens (tertiary/aromatic N) is 2. The smallest absolute Gasteiger partial charge is 0.287 e. The lowest BCUT2D eigenvalue weighted by molar-refractivity contribution is 0.0438. The standard InChI is InChI=1S/C20H22N4O4/c25-16-8-20(9-17(16)26,12-28-13-4-3-7-21-10-13)11-22-19(27)18-23-14-5-1-2-6-15(14)24-18/h1-7,10,16-17,25-26H,8-9,11-12H2,(H,22,27)(H,23,24)/t16-,17+,20?.